The van der Waals surface area contributed by atoms with Crippen molar-refractivity contribution in [2.75, 3.05) is 0 Å². The van der Waals surface area contributed by atoms with Crippen LogP contribution in [-0.2, 0) is 33.4 Å². The Labute approximate surface area is 429 Å². The number of thiazole rings is 2. The van der Waals surface area contributed by atoms with E-state index in [0.717, 1.165) is 63.8 Å². The van der Waals surface area contributed by atoms with Crippen LogP contribution in [0.1, 0.15) is 156 Å². The van der Waals surface area contributed by atoms with Crippen molar-refractivity contribution < 1.29 is 53.8 Å². The molecule has 0 aliphatic carbocycles. The number of hydrogen-bond acceptors (Lipinski definition) is 17. The summed E-state index contributed by atoms with van der Waals surface area (Å²) in [5, 5.41) is 49.1. The second-order valence-electron chi connectivity index (χ2n) is 22.1. The van der Waals surface area contributed by atoms with Gasteiger partial charge in [0.25, 0.3) is 0 Å². The number of ether oxygens (including phenoxy) is 3. The molecule has 3 aliphatic heterocycles. The quantitative estimate of drug-likeness (QED) is 0.0924. The summed E-state index contributed by atoms with van der Waals surface area (Å²) in [6.45, 7) is 25.2. The molecule has 8 N–H and O–H groups in total. The zero-order chi connectivity index (χ0) is 53.5. The van der Waals surface area contributed by atoms with Crippen molar-refractivity contribution in [2.24, 2.45) is 46.0 Å². The number of epoxide rings is 1. The van der Waals surface area contributed by atoms with Crippen molar-refractivity contribution in [3.63, 3.8) is 0 Å². The van der Waals surface area contributed by atoms with Gasteiger partial charge in [-0.25, -0.2) is 9.97 Å². The van der Waals surface area contributed by atoms with E-state index < -0.39 is 95.0 Å². The van der Waals surface area contributed by atoms with Gasteiger partial charge in [-0.05, 0) is 104 Å². The molecule has 5 heterocycles. The topological polar surface area (TPSA) is 258 Å². The van der Waals surface area contributed by atoms with Crippen molar-refractivity contribution in [1.29, 1.82) is 0 Å². The Morgan fingerprint density at radius 1 is 0.704 bits per heavy atom. The lowest BCUT2D eigenvalue weighted by Crippen LogP contribution is -2.47. The number of aromatic nitrogens is 2. The first-order valence-electron chi connectivity index (χ1n) is 25.2. The number of rotatable bonds is 6. The smallest absolute Gasteiger partial charge is 0.309 e. The molecule has 17 heteroatoms. The molecule has 0 aromatic carbocycles. The molecule has 5 rings (SSSR count). The third-order valence-electron chi connectivity index (χ3n) is 15.2. The third kappa shape index (κ3) is 15.7. The standard InChI is InChI=1S/C27H42N2O6S.C27H42N2O5S/c1-14-9-8-10-27(7)25(35-27)23(21(28)15(2)11-18-13-36-17(4)29-18)34-20(31)12-19(30)26(5,6)24(33)16(3)22(14)32;1-15-9-8-10-16(2)25(32)18(4)26(33)27(6,7)22(30)13-23(31)34-21(11-15)24(28)17(3)12-20-14-35-19(5)29-20/h11,13-14,16,19,21-23,25,30,32H,8-10,12,28H2,1-7H3;11-12,14,16,18,21-22,24-25,30,32H,8-10,13,28H2,1-7H3/b15-11+;15-11-,17-12+. The van der Waals surface area contributed by atoms with Gasteiger partial charge in [0, 0.05) is 22.6 Å². The lowest BCUT2D eigenvalue weighted by atomic mass is 9.73. The fourth-order valence-electron chi connectivity index (χ4n) is 9.68. The van der Waals surface area contributed by atoms with E-state index in [1.807, 2.05) is 84.4 Å². The van der Waals surface area contributed by atoms with Crippen LogP contribution in [-0.4, -0.2) is 114 Å². The summed E-state index contributed by atoms with van der Waals surface area (Å²) in [7, 11) is 0. The zero-order valence-electron chi connectivity index (χ0n) is 44.6. The van der Waals surface area contributed by atoms with E-state index in [9.17, 15) is 39.6 Å². The number of hydrogen-bond donors (Lipinski definition) is 6. The molecule has 0 amide bonds. The van der Waals surface area contributed by atoms with E-state index >= 15 is 0 Å². The van der Waals surface area contributed by atoms with Crippen molar-refractivity contribution in [1.82, 2.24) is 9.97 Å². The average Bonchev–Trinajstić information content (AvgIpc) is 3.52. The number of allylic oxidation sites excluding steroid dienone is 1. The molecule has 3 aliphatic rings. The number of nitrogens with zero attached hydrogens (tertiary/aromatic N) is 2. The number of Topliss-reactive ketones (excluding diaryl/α,β-unsaturated/α-hetero) is 2. The highest BCUT2D eigenvalue weighted by Crippen LogP contribution is 2.46. The Morgan fingerprint density at radius 3 is 1.59 bits per heavy atom. The maximum atomic E-state index is 13.2. The van der Waals surface area contributed by atoms with E-state index in [-0.39, 0.29) is 36.2 Å². The first-order chi connectivity index (χ1) is 32.9. The Kier molecular flexibility index (Phi) is 21.3. The molecule has 2 aromatic heterocycles. The van der Waals surface area contributed by atoms with Crippen LogP contribution < -0.4 is 11.5 Å². The minimum Gasteiger partial charge on any atom is -0.457 e. The Hall–Kier alpha value is -3.52. The van der Waals surface area contributed by atoms with E-state index in [2.05, 4.69) is 9.97 Å². The molecule has 15 nitrogen and oxygen atoms in total. The highest BCUT2D eigenvalue weighted by Gasteiger charge is 2.59. The summed E-state index contributed by atoms with van der Waals surface area (Å²) in [5.41, 5.74) is 14.4. The fourth-order valence-corrected chi connectivity index (χ4v) is 10.8. The van der Waals surface area contributed by atoms with Crippen LogP contribution in [0.25, 0.3) is 12.2 Å². The average molecular weight is 1030 g/mol. The summed E-state index contributed by atoms with van der Waals surface area (Å²) in [6, 6.07) is -1.23. The molecule has 14 atom stereocenters. The molecular formula is C54H84N4O11S2. The number of carbonyl (C=O) groups is 4. The summed E-state index contributed by atoms with van der Waals surface area (Å²) < 4.78 is 17.7. The second kappa shape index (κ2) is 25.1. The van der Waals surface area contributed by atoms with Gasteiger partial charge in [0.15, 0.2) is 0 Å². The predicted octanol–water partition coefficient (Wildman–Crippen LogP) is 7.62. The van der Waals surface area contributed by atoms with Crippen LogP contribution in [0, 0.1) is 48.3 Å². The number of carbonyl (C=O) groups excluding carboxylic acids is 4. The van der Waals surface area contributed by atoms with Crippen LogP contribution >= 0.6 is 22.7 Å². The lowest BCUT2D eigenvalue weighted by Gasteiger charge is -2.34. The number of esters is 2. The third-order valence-corrected chi connectivity index (χ3v) is 16.8. The fraction of sp³-hybridized carbons (Fsp3) is 0.704. The first-order valence-corrected chi connectivity index (χ1v) is 26.9. The van der Waals surface area contributed by atoms with Crippen LogP contribution in [0.4, 0.5) is 0 Å². The zero-order valence-corrected chi connectivity index (χ0v) is 46.2. The van der Waals surface area contributed by atoms with E-state index in [1.54, 1.807) is 64.2 Å². The number of nitrogens with two attached hydrogens (primary N) is 2. The van der Waals surface area contributed by atoms with Crippen molar-refractivity contribution >= 4 is 58.3 Å². The van der Waals surface area contributed by atoms with Crippen molar-refractivity contribution in [2.45, 2.75) is 209 Å². The maximum absolute atomic E-state index is 13.2. The first kappa shape index (κ1) is 60.0. The van der Waals surface area contributed by atoms with E-state index in [4.69, 9.17) is 25.7 Å². The minimum atomic E-state index is -1.27. The van der Waals surface area contributed by atoms with Crippen molar-refractivity contribution in [3.8, 4) is 0 Å². The van der Waals surface area contributed by atoms with E-state index in [1.165, 1.54) is 0 Å². The normalized spacial score (nSPS) is 34.8. The van der Waals surface area contributed by atoms with Gasteiger partial charge in [-0.1, -0.05) is 78.5 Å². The molecule has 0 saturated carbocycles. The van der Waals surface area contributed by atoms with Gasteiger partial charge in [0.1, 0.15) is 29.9 Å². The number of cyclic esters (lactones) is 2. The lowest BCUT2D eigenvalue weighted by molar-refractivity contribution is -0.157. The molecule has 398 valence electrons. The molecule has 2 fully saturated rings. The van der Waals surface area contributed by atoms with Gasteiger partial charge >= 0.3 is 11.9 Å². The largest absolute Gasteiger partial charge is 0.457 e. The van der Waals surface area contributed by atoms with E-state index in [0.29, 0.717) is 12.8 Å². The monoisotopic (exact) mass is 1030 g/mol. The van der Waals surface area contributed by atoms with Crippen LogP contribution in [0.2, 0.25) is 0 Å². The number of aliphatic hydroxyl groups is 4. The second-order valence-corrected chi connectivity index (χ2v) is 24.2. The molecule has 2 saturated heterocycles. The molecular weight excluding hydrogens is 945 g/mol. The summed E-state index contributed by atoms with van der Waals surface area (Å²) >= 11 is 3.09. The molecule has 71 heavy (non-hydrogen) atoms. The number of aryl methyl sites for hydroxylation is 2. The summed E-state index contributed by atoms with van der Waals surface area (Å²) in [4.78, 5) is 61.1. The maximum Gasteiger partial charge on any atom is 0.309 e. The summed E-state index contributed by atoms with van der Waals surface area (Å²) in [6.07, 6.45) is 3.39. The number of ketones is 2. The molecule has 0 bridgehead atoms. The van der Waals surface area contributed by atoms with Gasteiger partial charge in [-0.2, -0.15) is 0 Å². The van der Waals surface area contributed by atoms with Gasteiger partial charge in [0.2, 0.25) is 0 Å². The molecule has 0 spiro atoms. The Balaban J connectivity index is 0.000000309. The molecule has 2 aromatic rings. The Bertz CT molecular complexity index is 2250. The number of aliphatic hydroxyl groups excluding tert-OH is 4. The van der Waals surface area contributed by atoms with Crippen molar-refractivity contribution in [3.05, 3.63) is 55.0 Å². The number of fused-ring (bicyclic) bond motifs is 1. The van der Waals surface area contributed by atoms with Gasteiger partial charge in [0.05, 0.1) is 87.2 Å². The van der Waals surface area contributed by atoms with Crippen LogP contribution in [0.15, 0.2) is 33.6 Å². The minimum absolute atomic E-state index is 0.0810. The molecule has 14 unspecified atom stereocenters. The Morgan fingerprint density at radius 2 is 1.14 bits per heavy atom. The van der Waals surface area contributed by atoms with Crippen LogP contribution in [0.3, 0.4) is 0 Å². The highest BCUT2D eigenvalue weighted by atomic mass is 32.1. The van der Waals surface area contributed by atoms with Gasteiger partial charge in [-0.3, -0.25) is 19.2 Å². The highest BCUT2D eigenvalue weighted by molar-refractivity contribution is 7.09. The summed E-state index contributed by atoms with van der Waals surface area (Å²) in [5.74, 6) is -3.34. The van der Waals surface area contributed by atoms with Gasteiger partial charge in [-0.15, -0.1) is 22.7 Å². The SMILES string of the molecule is C/C(=C\c1csc(C)n1)C(N)C1OC(=O)CC(O)C(C)(C)C(=O)C(C)C(O)C(C)CCCC2(C)OC12.C/C1=C/C(C(N)/C(C)=C/c2csc(C)n2)OC(=O)CC(O)C(C)(C)C(=O)C(C)C(O)C(C)CCC1. The van der Waals surface area contributed by atoms with Gasteiger partial charge < -0.3 is 46.1 Å². The predicted molar refractivity (Wildman–Crippen MR) is 279 cm³/mol. The van der Waals surface area contributed by atoms with Crippen LogP contribution in [0.5, 0.6) is 0 Å². The molecule has 0 radical (unpaired) electrons.